The van der Waals surface area contributed by atoms with E-state index in [1.165, 1.54) is 0 Å². The Morgan fingerprint density at radius 1 is 1.59 bits per heavy atom. The van der Waals surface area contributed by atoms with E-state index in [1.54, 1.807) is 20.1 Å². The number of nitrogens with one attached hydrogen (secondary N) is 1. The lowest BCUT2D eigenvalue weighted by Crippen LogP contribution is -2.21. The van der Waals surface area contributed by atoms with Crippen molar-refractivity contribution < 1.29 is 14.6 Å². The average molecular weight is 238 g/mol. The minimum Gasteiger partial charge on any atom is -0.478 e. The van der Waals surface area contributed by atoms with E-state index in [9.17, 15) is 4.79 Å². The van der Waals surface area contributed by atoms with Crippen LogP contribution in [0.15, 0.2) is 6.07 Å². The smallest absolute Gasteiger partial charge is 0.339 e. The molecular weight excluding hydrogens is 220 g/mol. The van der Waals surface area contributed by atoms with Gasteiger partial charge in [-0.25, -0.2) is 9.78 Å². The third kappa shape index (κ3) is 3.42. The first kappa shape index (κ1) is 13.4. The predicted molar refractivity (Wildman–Crippen MR) is 65.6 cm³/mol. The third-order valence-corrected chi connectivity index (χ3v) is 2.52. The number of anilines is 1. The molecule has 0 saturated carbocycles. The first-order valence-corrected chi connectivity index (χ1v) is 5.44. The summed E-state index contributed by atoms with van der Waals surface area (Å²) in [6.45, 7) is 6.02. The van der Waals surface area contributed by atoms with Gasteiger partial charge in [0.25, 0.3) is 0 Å². The molecule has 1 aromatic heterocycles. The monoisotopic (exact) mass is 238 g/mol. The van der Waals surface area contributed by atoms with Crippen molar-refractivity contribution in [2.24, 2.45) is 0 Å². The van der Waals surface area contributed by atoms with Crippen molar-refractivity contribution >= 4 is 11.8 Å². The highest BCUT2D eigenvalue weighted by atomic mass is 16.5. The van der Waals surface area contributed by atoms with Gasteiger partial charge >= 0.3 is 5.97 Å². The van der Waals surface area contributed by atoms with E-state index in [0.717, 1.165) is 5.69 Å². The van der Waals surface area contributed by atoms with Gasteiger partial charge < -0.3 is 15.2 Å². The van der Waals surface area contributed by atoms with Crippen molar-refractivity contribution in [2.45, 2.75) is 26.9 Å². The molecule has 1 aromatic rings. The number of pyridine rings is 1. The zero-order valence-corrected chi connectivity index (χ0v) is 10.6. The van der Waals surface area contributed by atoms with Crippen LogP contribution in [0.5, 0.6) is 0 Å². The largest absolute Gasteiger partial charge is 0.478 e. The molecule has 1 rings (SSSR count). The summed E-state index contributed by atoms with van der Waals surface area (Å²) in [5.74, 6) is -0.568. The van der Waals surface area contributed by atoms with E-state index in [4.69, 9.17) is 9.84 Å². The highest BCUT2D eigenvalue weighted by Crippen LogP contribution is 2.18. The molecule has 1 unspecified atom stereocenters. The number of methoxy groups -OCH3 is 1. The predicted octanol–water partition coefficient (Wildman–Crippen LogP) is 1.84. The van der Waals surface area contributed by atoms with E-state index in [1.807, 2.05) is 13.8 Å². The van der Waals surface area contributed by atoms with Crippen LogP contribution in [0.1, 0.15) is 28.5 Å². The Morgan fingerprint density at radius 2 is 2.24 bits per heavy atom. The maximum Gasteiger partial charge on any atom is 0.339 e. The van der Waals surface area contributed by atoms with Gasteiger partial charge in [-0.2, -0.15) is 0 Å². The maximum atomic E-state index is 11.2. The van der Waals surface area contributed by atoms with Gasteiger partial charge in [0, 0.05) is 19.3 Å². The number of aryl methyl sites for hydroxylation is 2. The third-order valence-electron chi connectivity index (χ3n) is 2.52. The summed E-state index contributed by atoms with van der Waals surface area (Å²) in [6.07, 6.45) is -0.000682. The first-order valence-electron chi connectivity index (χ1n) is 5.44. The molecule has 5 nitrogen and oxygen atoms in total. The molecule has 0 fully saturated rings. The van der Waals surface area contributed by atoms with Crippen molar-refractivity contribution in [3.05, 3.63) is 22.9 Å². The van der Waals surface area contributed by atoms with Gasteiger partial charge in [-0.15, -0.1) is 0 Å². The minimum absolute atomic E-state index is 0.000682. The standard InChI is InChI=1S/C12H18N2O3/c1-7-5-8(2)14-11(10(7)12(15)16)13-6-9(3)17-4/h5,9H,6H2,1-4H3,(H,13,14)(H,15,16). The molecule has 94 valence electrons. The van der Waals surface area contributed by atoms with Crippen molar-refractivity contribution in [1.29, 1.82) is 0 Å². The van der Waals surface area contributed by atoms with Gasteiger partial charge in [-0.1, -0.05) is 0 Å². The summed E-state index contributed by atoms with van der Waals surface area (Å²) < 4.78 is 5.10. The summed E-state index contributed by atoms with van der Waals surface area (Å²) >= 11 is 0. The van der Waals surface area contributed by atoms with Gasteiger partial charge in [-0.3, -0.25) is 0 Å². The number of rotatable bonds is 5. The molecule has 17 heavy (non-hydrogen) atoms. The summed E-state index contributed by atoms with van der Waals surface area (Å²) in [5.41, 5.74) is 1.72. The van der Waals surface area contributed by atoms with Crippen LogP contribution in [-0.2, 0) is 4.74 Å². The van der Waals surface area contributed by atoms with Crippen LogP contribution in [0.2, 0.25) is 0 Å². The summed E-state index contributed by atoms with van der Waals surface area (Å²) in [7, 11) is 1.61. The molecule has 2 N–H and O–H groups in total. The molecule has 0 aliphatic rings. The molecule has 1 atom stereocenters. The van der Waals surface area contributed by atoms with Crippen molar-refractivity contribution in [2.75, 3.05) is 19.0 Å². The van der Waals surface area contributed by atoms with Crippen LogP contribution in [0.4, 0.5) is 5.82 Å². The second kappa shape index (κ2) is 5.63. The van der Waals surface area contributed by atoms with Crippen molar-refractivity contribution in [3.8, 4) is 0 Å². The van der Waals surface area contributed by atoms with Crippen LogP contribution < -0.4 is 5.32 Å². The molecule has 0 aromatic carbocycles. The molecule has 0 saturated heterocycles. The Labute approximate surface area is 101 Å². The fraction of sp³-hybridized carbons (Fsp3) is 0.500. The van der Waals surface area contributed by atoms with Crippen LogP contribution in [0.25, 0.3) is 0 Å². The number of hydrogen-bond acceptors (Lipinski definition) is 4. The molecule has 0 aliphatic carbocycles. The fourth-order valence-electron chi connectivity index (χ4n) is 1.56. The lowest BCUT2D eigenvalue weighted by Gasteiger charge is -2.14. The number of carbonyl (C=O) groups is 1. The Hall–Kier alpha value is -1.62. The molecule has 0 spiro atoms. The highest BCUT2D eigenvalue weighted by Gasteiger charge is 2.15. The fourth-order valence-corrected chi connectivity index (χ4v) is 1.56. The lowest BCUT2D eigenvalue weighted by atomic mass is 10.1. The van der Waals surface area contributed by atoms with Gasteiger partial charge in [0.15, 0.2) is 0 Å². The van der Waals surface area contributed by atoms with Gasteiger partial charge in [0.05, 0.1) is 6.10 Å². The Morgan fingerprint density at radius 3 is 2.76 bits per heavy atom. The normalized spacial score (nSPS) is 12.2. The number of carboxylic acids is 1. The second-order valence-corrected chi connectivity index (χ2v) is 4.04. The number of aromatic carboxylic acids is 1. The van der Waals surface area contributed by atoms with Crippen LogP contribution in [0, 0.1) is 13.8 Å². The molecular formula is C12H18N2O3. The number of nitrogens with zero attached hydrogens (tertiary/aromatic N) is 1. The van der Waals surface area contributed by atoms with E-state index >= 15 is 0 Å². The number of carboxylic acid groups (broad SMARTS) is 1. The second-order valence-electron chi connectivity index (χ2n) is 4.04. The summed E-state index contributed by atoms with van der Waals surface area (Å²) in [6, 6.07) is 1.76. The van der Waals surface area contributed by atoms with Crippen molar-refractivity contribution in [3.63, 3.8) is 0 Å². The Bertz CT molecular complexity index is 418. The molecule has 0 aliphatic heterocycles. The van der Waals surface area contributed by atoms with Crippen molar-refractivity contribution in [1.82, 2.24) is 4.98 Å². The summed E-state index contributed by atoms with van der Waals surface area (Å²) in [4.78, 5) is 15.4. The van der Waals surface area contributed by atoms with Crippen LogP contribution in [0.3, 0.4) is 0 Å². The van der Waals surface area contributed by atoms with E-state index in [2.05, 4.69) is 10.3 Å². The quantitative estimate of drug-likeness (QED) is 0.819. The first-order chi connectivity index (χ1) is 7.95. The highest BCUT2D eigenvalue weighted by molar-refractivity contribution is 5.94. The zero-order chi connectivity index (χ0) is 13.0. The molecule has 0 amide bonds. The average Bonchev–Trinajstić information content (AvgIpc) is 2.24. The Kier molecular flexibility index (Phi) is 4.45. The number of aromatic nitrogens is 1. The lowest BCUT2D eigenvalue weighted by molar-refractivity contribution is 0.0696. The van der Waals surface area contributed by atoms with Crippen LogP contribution >= 0.6 is 0 Å². The van der Waals surface area contributed by atoms with E-state index < -0.39 is 5.97 Å². The number of hydrogen-bond donors (Lipinski definition) is 2. The number of ether oxygens (including phenoxy) is 1. The van der Waals surface area contributed by atoms with E-state index in [0.29, 0.717) is 17.9 Å². The molecule has 0 bridgehead atoms. The zero-order valence-electron chi connectivity index (χ0n) is 10.6. The molecule has 1 heterocycles. The maximum absolute atomic E-state index is 11.2. The van der Waals surface area contributed by atoms with Gasteiger partial charge in [-0.05, 0) is 32.4 Å². The Balaban J connectivity index is 3.00. The topological polar surface area (TPSA) is 71.5 Å². The SMILES string of the molecule is COC(C)CNc1nc(C)cc(C)c1C(=O)O. The minimum atomic E-state index is -0.970. The van der Waals surface area contributed by atoms with E-state index in [-0.39, 0.29) is 11.7 Å². The summed E-state index contributed by atoms with van der Waals surface area (Å²) in [5, 5.41) is 12.2. The van der Waals surface area contributed by atoms with Crippen LogP contribution in [-0.4, -0.2) is 35.8 Å². The van der Waals surface area contributed by atoms with Gasteiger partial charge in [0.2, 0.25) is 0 Å². The molecule has 5 heteroatoms. The molecule has 0 radical (unpaired) electrons. The van der Waals surface area contributed by atoms with Gasteiger partial charge in [0.1, 0.15) is 11.4 Å².